The number of aryl methyl sites for hydroxylation is 1. The number of sulfonamides is 2. The number of ketones is 1. The van der Waals surface area contributed by atoms with Crippen LogP contribution in [-0.2, 0) is 24.8 Å². The smallest absolute Gasteiger partial charge is 0.261 e. The van der Waals surface area contributed by atoms with E-state index in [1.54, 1.807) is 37.3 Å². The quantitative estimate of drug-likeness (QED) is 0.420. The van der Waals surface area contributed by atoms with Crippen molar-refractivity contribution < 1.29 is 26.4 Å². The van der Waals surface area contributed by atoms with Crippen molar-refractivity contribution in [3.8, 4) is 0 Å². The van der Waals surface area contributed by atoms with Crippen LogP contribution in [0.1, 0.15) is 22.8 Å². The number of rotatable bonds is 9. The number of Topliss-reactive ketones (excluding diaryl/α,β-unsaturated/α-hetero) is 1. The van der Waals surface area contributed by atoms with E-state index in [9.17, 15) is 26.4 Å². The average molecular weight is 516 g/mol. The first-order valence-corrected chi connectivity index (χ1v) is 13.8. The fourth-order valence-electron chi connectivity index (χ4n) is 3.22. The Morgan fingerprint density at radius 1 is 0.886 bits per heavy atom. The first kappa shape index (κ1) is 25.9. The molecule has 1 amide bonds. The molecule has 0 atom stereocenters. The van der Waals surface area contributed by atoms with E-state index in [1.165, 1.54) is 49.4 Å². The lowest BCUT2D eigenvalue weighted by Crippen LogP contribution is -2.37. The molecule has 3 aromatic rings. The molecular formula is C24H25N3O6S2. The van der Waals surface area contributed by atoms with Crippen LogP contribution in [0.3, 0.4) is 0 Å². The van der Waals surface area contributed by atoms with Gasteiger partial charge in [-0.2, -0.15) is 0 Å². The fraction of sp³-hybridized carbons (Fsp3) is 0.167. The Hall–Kier alpha value is -3.70. The molecule has 0 saturated heterocycles. The third-order valence-corrected chi connectivity index (χ3v) is 7.59. The molecule has 11 heteroatoms. The molecule has 3 rings (SSSR count). The third-order valence-electron chi connectivity index (χ3n) is 5.07. The van der Waals surface area contributed by atoms with E-state index in [-0.39, 0.29) is 22.1 Å². The summed E-state index contributed by atoms with van der Waals surface area (Å²) in [7, 11) is -7.68. The molecule has 0 fully saturated rings. The summed E-state index contributed by atoms with van der Waals surface area (Å²) in [5.41, 5.74) is 2.01. The Morgan fingerprint density at radius 2 is 1.54 bits per heavy atom. The van der Waals surface area contributed by atoms with Crippen molar-refractivity contribution in [2.24, 2.45) is 0 Å². The van der Waals surface area contributed by atoms with Gasteiger partial charge in [-0.1, -0.05) is 30.3 Å². The minimum atomic E-state index is -3.84. The average Bonchev–Trinajstić information content (AvgIpc) is 2.78. The molecule has 0 aliphatic heterocycles. The van der Waals surface area contributed by atoms with Crippen LogP contribution >= 0.6 is 0 Å². The minimum absolute atomic E-state index is 0.00226. The van der Waals surface area contributed by atoms with Gasteiger partial charge in [-0.05, 0) is 61.9 Å². The molecule has 2 N–H and O–H groups in total. The van der Waals surface area contributed by atoms with Gasteiger partial charge in [0.15, 0.2) is 5.78 Å². The molecule has 35 heavy (non-hydrogen) atoms. The summed E-state index contributed by atoms with van der Waals surface area (Å²) >= 11 is 0. The lowest BCUT2D eigenvalue weighted by Gasteiger charge is -2.22. The van der Waals surface area contributed by atoms with Crippen molar-refractivity contribution >= 4 is 48.8 Å². The summed E-state index contributed by atoms with van der Waals surface area (Å²) in [5, 5.41) is 2.56. The zero-order valence-electron chi connectivity index (χ0n) is 19.3. The highest BCUT2D eigenvalue weighted by atomic mass is 32.2. The standard InChI is InChI=1S/C24H25N3O6S2/c1-17-7-4-5-10-23(17)26-35(32,33)22-13-11-20(12-14-22)25-24(29)16-27(34(3,30)31)21-9-6-8-19(15-21)18(2)28/h4-15,26H,16H2,1-3H3,(H,25,29). The SMILES string of the molecule is CC(=O)c1cccc(N(CC(=O)Nc2ccc(S(=O)(=O)Nc3ccccc3C)cc2)S(C)(=O)=O)c1. The maximum Gasteiger partial charge on any atom is 0.261 e. The van der Waals surface area contributed by atoms with Crippen molar-refractivity contribution in [1.29, 1.82) is 0 Å². The molecule has 0 unspecified atom stereocenters. The molecule has 0 bridgehead atoms. The molecular weight excluding hydrogens is 490 g/mol. The number of benzene rings is 3. The zero-order valence-corrected chi connectivity index (χ0v) is 21.0. The second-order valence-corrected chi connectivity index (χ2v) is 11.5. The van der Waals surface area contributed by atoms with Crippen molar-refractivity contribution in [2.45, 2.75) is 18.7 Å². The summed E-state index contributed by atoms with van der Waals surface area (Å²) in [6.07, 6.45) is 0.960. The maximum absolute atomic E-state index is 12.7. The molecule has 0 aromatic heterocycles. The van der Waals surface area contributed by atoms with Gasteiger partial charge in [0, 0.05) is 11.3 Å². The van der Waals surface area contributed by atoms with E-state index in [0.717, 1.165) is 16.1 Å². The molecule has 0 radical (unpaired) electrons. The number of nitrogens with one attached hydrogen (secondary N) is 2. The van der Waals surface area contributed by atoms with Crippen LogP contribution in [0.15, 0.2) is 77.7 Å². The number of carbonyl (C=O) groups is 2. The number of nitrogens with zero attached hydrogens (tertiary/aromatic N) is 1. The Balaban J connectivity index is 1.74. The van der Waals surface area contributed by atoms with Crippen molar-refractivity contribution in [3.63, 3.8) is 0 Å². The molecule has 3 aromatic carbocycles. The van der Waals surface area contributed by atoms with Gasteiger partial charge in [-0.25, -0.2) is 16.8 Å². The van der Waals surface area contributed by atoms with Crippen LogP contribution in [0.25, 0.3) is 0 Å². The van der Waals surface area contributed by atoms with Crippen molar-refractivity contribution in [2.75, 3.05) is 27.1 Å². The first-order valence-electron chi connectivity index (χ1n) is 10.4. The predicted octanol–water partition coefficient (Wildman–Crippen LogP) is 3.40. The van der Waals surface area contributed by atoms with Gasteiger partial charge in [-0.15, -0.1) is 0 Å². The van der Waals surface area contributed by atoms with Crippen LogP contribution in [-0.4, -0.2) is 41.3 Å². The number of anilines is 3. The lowest BCUT2D eigenvalue weighted by molar-refractivity contribution is -0.114. The molecule has 0 saturated carbocycles. The second-order valence-electron chi connectivity index (χ2n) is 7.87. The zero-order chi connectivity index (χ0) is 25.8. The van der Waals surface area contributed by atoms with Gasteiger partial charge in [0.05, 0.1) is 22.5 Å². The van der Waals surface area contributed by atoms with Crippen LogP contribution in [0.4, 0.5) is 17.1 Å². The molecule has 0 spiro atoms. The Kier molecular flexibility index (Phi) is 7.61. The van der Waals surface area contributed by atoms with Crippen LogP contribution in [0.5, 0.6) is 0 Å². The van der Waals surface area contributed by atoms with E-state index < -0.39 is 32.5 Å². The highest BCUT2D eigenvalue weighted by molar-refractivity contribution is 7.92. The summed E-state index contributed by atoms with van der Waals surface area (Å²) in [6.45, 7) is 2.61. The first-order chi connectivity index (χ1) is 16.4. The Labute approximate surface area is 204 Å². The largest absolute Gasteiger partial charge is 0.325 e. The van der Waals surface area contributed by atoms with Gasteiger partial charge < -0.3 is 5.32 Å². The van der Waals surface area contributed by atoms with Gasteiger partial charge in [0.25, 0.3) is 10.0 Å². The highest BCUT2D eigenvalue weighted by Crippen LogP contribution is 2.22. The van der Waals surface area contributed by atoms with Gasteiger partial charge >= 0.3 is 0 Å². The molecule has 0 aliphatic carbocycles. The minimum Gasteiger partial charge on any atom is -0.325 e. The lowest BCUT2D eigenvalue weighted by atomic mass is 10.1. The second kappa shape index (κ2) is 10.3. The Bertz CT molecular complexity index is 1470. The number of para-hydroxylation sites is 1. The molecule has 184 valence electrons. The highest BCUT2D eigenvalue weighted by Gasteiger charge is 2.22. The third kappa shape index (κ3) is 6.67. The predicted molar refractivity (Wildman–Crippen MR) is 136 cm³/mol. The summed E-state index contributed by atoms with van der Waals surface area (Å²) in [6, 6.07) is 18.4. The number of amides is 1. The fourth-order valence-corrected chi connectivity index (χ4v) is 5.20. The van der Waals surface area contributed by atoms with Crippen LogP contribution < -0.4 is 14.3 Å². The van der Waals surface area contributed by atoms with Gasteiger partial charge in [-0.3, -0.25) is 18.6 Å². The van der Waals surface area contributed by atoms with Crippen molar-refractivity contribution in [3.05, 3.63) is 83.9 Å². The number of hydrogen-bond donors (Lipinski definition) is 2. The van der Waals surface area contributed by atoms with E-state index >= 15 is 0 Å². The van der Waals surface area contributed by atoms with Gasteiger partial charge in [0.2, 0.25) is 15.9 Å². The number of hydrogen-bond acceptors (Lipinski definition) is 6. The summed E-state index contributed by atoms with van der Waals surface area (Å²) in [4.78, 5) is 24.3. The van der Waals surface area contributed by atoms with Crippen molar-refractivity contribution in [1.82, 2.24) is 0 Å². The topological polar surface area (TPSA) is 130 Å². The van der Waals surface area contributed by atoms with E-state index in [0.29, 0.717) is 11.3 Å². The maximum atomic E-state index is 12.7. The van der Waals surface area contributed by atoms with Crippen LogP contribution in [0, 0.1) is 6.92 Å². The molecule has 9 nitrogen and oxygen atoms in total. The molecule has 0 heterocycles. The summed E-state index contributed by atoms with van der Waals surface area (Å²) < 4.78 is 53.4. The monoisotopic (exact) mass is 515 g/mol. The van der Waals surface area contributed by atoms with E-state index in [4.69, 9.17) is 0 Å². The van der Waals surface area contributed by atoms with E-state index in [2.05, 4.69) is 10.0 Å². The normalized spacial score (nSPS) is 11.5. The van der Waals surface area contributed by atoms with Crippen LogP contribution in [0.2, 0.25) is 0 Å². The van der Waals surface area contributed by atoms with E-state index in [1.807, 2.05) is 0 Å². The van der Waals surface area contributed by atoms with Gasteiger partial charge in [0.1, 0.15) is 6.54 Å². The Morgan fingerprint density at radius 3 is 2.14 bits per heavy atom. The summed E-state index contributed by atoms with van der Waals surface area (Å²) in [5.74, 6) is -0.881. The number of carbonyl (C=O) groups excluding carboxylic acids is 2. The molecule has 0 aliphatic rings.